The Morgan fingerprint density at radius 1 is 1.19 bits per heavy atom. The number of aryl methyl sites for hydroxylation is 2. The van der Waals surface area contributed by atoms with E-state index in [1.165, 1.54) is 11.8 Å². The molecule has 26 heavy (non-hydrogen) atoms. The van der Waals surface area contributed by atoms with Crippen LogP contribution < -0.4 is 4.74 Å². The monoisotopic (exact) mass is 370 g/mol. The van der Waals surface area contributed by atoms with Crippen molar-refractivity contribution in [3.63, 3.8) is 0 Å². The fourth-order valence-corrected chi connectivity index (χ4v) is 3.16. The van der Waals surface area contributed by atoms with Gasteiger partial charge in [-0.25, -0.2) is 4.99 Å². The van der Waals surface area contributed by atoms with Crippen LogP contribution in [0.4, 0.5) is 5.69 Å². The number of benzene rings is 2. The summed E-state index contributed by atoms with van der Waals surface area (Å²) >= 11 is 1.54. The molecule has 0 aromatic heterocycles. The Labute approximate surface area is 160 Å². The summed E-state index contributed by atoms with van der Waals surface area (Å²) < 4.78 is 5.16. The van der Waals surface area contributed by atoms with E-state index in [2.05, 4.69) is 11.9 Å². The van der Waals surface area contributed by atoms with E-state index in [0.29, 0.717) is 5.75 Å². The Hall–Kier alpha value is -2.27. The van der Waals surface area contributed by atoms with Gasteiger partial charge in [-0.05, 0) is 68.3 Å². The predicted molar refractivity (Wildman–Crippen MR) is 110 cm³/mol. The van der Waals surface area contributed by atoms with Crippen molar-refractivity contribution in [1.82, 2.24) is 4.90 Å². The van der Waals surface area contributed by atoms with Crippen molar-refractivity contribution in [1.29, 1.82) is 0 Å². The summed E-state index contributed by atoms with van der Waals surface area (Å²) in [6, 6.07) is 11.7. The molecule has 0 heterocycles. The first kappa shape index (κ1) is 20.0. The molecule has 0 unspecified atom stereocenters. The zero-order valence-corrected chi connectivity index (χ0v) is 16.9. The number of aliphatic imine (C=N–C) groups is 1. The topological polar surface area (TPSA) is 41.9 Å². The van der Waals surface area contributed by atoms with Crippen LogP contribution in [0.1, 0.15) is 28.4 Å². The van der Waals surface area contributed by atoms with Crippen molar-refractivity contribution in [3.8, 4) is 5.75 Å². The summed E-state index contributed by atoms with van der Waals surface area (Å²) in [5.41, 5.74) is 3.64. The number of thioether (sulfide) groups is 1. The Morgan fingerprint density at radius 3 is 2.50 bits per heavy atom. The largest absolute Gasteiger partial charge is 0.497 e. The molecule has 0 aliphatic carbocycles. The lowest BCUT2D eigenvalue weighted by molar-refractivity contribution is 0.102. The molecule has 0 amide bonds. The lowest BCUT2D eigenvalue weighted by Crippen LogP contribution is -2.14. The van der Waals surface area contributed by atoms with E-state index < -0.39 is 0 Å². The van der Waals surface area contributed by atoms with Crippen LogP contribution >= 0.6 is 11.8 Å². The molecule has 5 heteroatoms. The van der Waals surface area contributed by atoms with Crippen LogP contribution in [0.25, 0.3) is 0 Å². The predicted octanol–water partition coefficient (Wildman–Crippen LogP) is 4.90. The fourth-order valence-electron chi connectivity index (χ4n) is 2.38. The number of ether oxygens (including phenoxy) is 1. The molecular weight excluding hydrogens is 344 g/mol. The summed E-state index contributed by atoms with van der Waals surface area (Å²) in [5, 5.41) is 0. The maximum atomic E-state index is 12.6. The minimum Gasteiger partial charge on any atom is -0.497 e. The minimum atomic E-state index is 0.132. The van der Waals surface area contributed by atoms with Gasteiger partial charge in [-0.15, -0.1) is 11.8 Å². The van der Waals surface area contributed by atoms with E-state index in [0.717, 1.165) is 39.6 Å². The van der Waals surface area contributed by atoms with Gasteiger partial charge in [0.2, 0.25) is 0 Å². The third-order valence-corrected chi connectivity index (χ3v) is 5.18. The van der Waals surface area contributed by atoms with Gasteiger partial charge in [-0.3, -0.25) is 4.79 Å². The lowest BCUT2D eigenvalue weighted by atomic mass is 10.0. The number of Topliss-reactive ketones (excluding diaryl/α,β-unsaturated/α-hetero) is 1. The highest BCUT2D eigenvalue weighted by atomic mass is 32.2. The van der Waals surface area contributed by atoms with Crippen LogP contribution in [0, 0.1) is 13.8 Å². The summed E-state index contributed by atoms with van der Waals surface area (Å²) in [4.78, 5) is 20.2. The van der Waals surface area contributed by atoms with Gasteiger partial charge in [-0.2, -0.15) is 0 Å². The normalized spacial score (nSPS) is 11.0. The quantitative estimate of drug-likeness (QED) is 0.287. The molecule has 0 aliphatic rings. The van der Waals surface area contributed by atoms with E-state index in [-0.39, 0.29) is 5.78 Å². The maximum absolute atomic E-state index is 12.6. The van der Waals surface area contributed by atoms with Crippen molar-refractivity contribution >= 4 is 29.6 Å². The Morgan fingerprint density at radius 2 is 1.88 bits per heavy atom. The standard InChI is InChI=1S/C21H26N2O2S/c1-6-23(4)14-22-20-12-15(2)19(11-16(20)3)21(24)13-26-18-9-7-17(25-5)8-10-18/h7-12,14H,6,13H2,1-5H3. The molecule has 0 N–H and O–H groups in total. The van der Waals surface area contributed by atoms with Crippen LogP contribution in [0.5, 0.6) is 5.75 Å². The second-order valence-electron chi connectivity index (χ2n) is 6.16. The van der Waals surface area contributed by atoms with Crippen LogP contribution in [-0.2, 0) is 0 Å². The van der Waals surface area contributed by atoms with E-state index in [4.69, 9.17) is 4.74 Å². The van der Waals surface area contributed by atoms with Gasteiger partial charge in [0.15, 0.2) is 5.78 Å². The number of methoxy groups -OCH3 is 1. The summed E-state index contributed by atoms with van der Waals surface area (Å²) in [7, 11) is 3.63. The van der Waals surface area contributed by atoms with Gasteiger partial charge >= 0.3 is 0 Å². The van der Waals surface area contributed by atoms with Crippen molar-refractivity contribution in [2.75, 3.05) is 26.5 Å². The molecule has 0 saturated heterocycles. The molecule has 138 valence electrons. The number of carbonyl (C=O) groups excluding carboxylic acids is 1. The van der Waals surface area contributed by atoms with E-state index in [9.17, 15) is 4.79 Å². The van der Waals surface area contributed by atoms with Crippen LogP contribution in [0.3, 0.4) is 0 Å². The lowest BCUT2D eigenvalue weighted by Gasteiger charge is -2.11. The molecule has 2 rings (SSSR count). The molecule has 0 bridgehead atoms. The summed E-state index contributed by atoms with van der Waals surface area (Å²) in [6.07, 6.45) is 1.82. The van der Waals surface area contributed by atoms with Gasteiger partial charge in [0.1, 0.15) is 5.75 Å². The Balaban J connectivity index is 2.08. The zero-order chi connectivity index (χ0) is 19.1. The maximum Gasteiger partial charge on any atom is 0.173 e. The van der Waals surface area contributed by atoms with Gasteiger partial charge in [0, 0.05) is 24.1 Å². The van der Waals surface area contributed by atoms with Crippen LogP contribution in [0.15, 0.2) is 46.3 Å². The fraction of sp³-hybridized carbons (Fsp3) is 0.333. The first-order valence-corrected chi connectivity index (χ1v) is 9.59. The summed E-state index contributed by atoms with van der Waals surface area (Å²) in [6.45, 7) is 6.94. The summed E-state index contributed by atoms with van der Waals surface area (Å²) in [5.74, 6) is 1.36. The van der Waals surface area contributed by atoms with Crippen LogP contribution in [-0.4, -0.2) is 43.5 Å². The number of ketones is 1. The Bertz CT molecular complexity index is 785. The molecule has 2 aromatic carbocycles. The average molecular weight is 371 g/mol. The number of hydrogen-bond acceptors (Lipinski definition) is 4. The van der Waals surface area contributed by atoms with Gasteiger partial charge in [0.25, 0.3) is 0 Å². The first-order valence-electron chi connectivity index (χ1n) is 8.60. The number of nitrogens with zero attached hydrogens (tertiary/aromatic N) is 2. The van der Waals surface area contributed by atoms with Crippen molar-refractivity contribution in [2.45, 2.75) is 25.7 Å². The smallest absolute Gasteiger partial charge is 0.173 e. The highest BCUT2D eigenvalue weighted by molar-refractivity contribution is 8.00. The SMILES string of the molecule is CCN(C)C=Nc1cc(C)c(C(=O)CSc2ccc(OC)cc2)cc1C. The van der Waals surface area contributed by atoms with Crippen molar-refractivity contribution in [3.05, 3.63) is 53.1 Å². The highest BCUT2D eigenvalue weighted by Gasteiger charge is 2.12. The van der Waals surface area contributed by atoms with Crippen molar-refractivity contribution < 1.29 is 9.53 Å². The molecule has 0 fully saturated rings. The van der Waals surface area contributed by atoms with E-state index in [1.54, 1.807) is 7.11 Å². The van der Waals surface area contributed by atoms with Crippen LogP contribution in [0.2, 0.25) is 0 Å². The third-order valence-electron chi connectivity index (χ3n) is 4.17. The molecule has 2 aromatic rings. The first-order chi connectivity index (χ1) is 12.4. The van der Waals surface area contributed by atoms with Gasteiger partial charge in [-0.1, -0.05) is 0 Å². The number of hydrogen-bond donors (Lipinski definition) is 0. The molecule has 0 aliphatic heterocycles. The van der Waals surface area contributed by atoms with E-state index >= 15 is 0 Å². The molecule has 0 saturated carbocycles. The second kappa shape index (κ2) is 9.43. The number of rotatable bonds is 8. The molecule has 4 nitrogen and oxygen atoms in total. The van der Waals surface area contributed by atoms with Crippen molar-refractivity contribution in [2.24, 2.45) is 4.99 Å². The van der Waals surface area contributed by atoms with Gasteiger partial charge in [0.05, 0.1) is 24.9 Å². The molecule has 0 radical (unpaired) electrons. The Kier molecular flexibility index (Phi) is 7.27. The highest BCUT2D eigenvalue weighted by Crippen LogP contribution is 2.26. The second-order valence-corrected chi connectivity index (χ2v) is 7.21. The molecule has 0 spiro atoms. The molecular formula is C21H26N2O2S. The third kappa shape index (κ3) is 5.36. The average Bonchev–Trinajstić information content (AvgIpc) is 2.66. The van der Waals surface area contributed by atoms with Gasteiger partial charge < -0.3 is 9.64 Å². The zero-order valence-electron chi connectivity index (χ0n) is 16.1. The minimum absolute atomic E-state index is 0.132. The number of carbonyl (C=O) groups is 1. The molecule has 0 atom stereocenters. The van der Waals surface area contributed by atoms with E-state index in [1.807, 2.05) is 68.5 Å².